The lowest BCUT2D eigenvalue weighted by atomic mass is 9.79. The number of carbonyl (C=O) groups excluding carboxylic acids is 1. The van der Waals surface area contributed by atoms with Gasteiger partial charge in [-0.1, -0.05) is 39.5 Å². The van der Waals surface area contributed by atoms with Crippen LogP contribution < -0.4 is 5.32 Å². The lowest BCUT2D eigenvalue weighted by Crippen LogP contribution is -2.38. The summed E-state index contributed by atoms with van der Waals surface area (Å²) in [6.45, 7) is 5.29. The van der Waals surface area contributed by atoms with Crippen LogP contribution in [-0.4, -0.2) is 24.2 Å². The molecule has 0 heterocycles. The molecule has 3 unspecified atom stereocenters. The number of carbonyl (C=O) groups is 1. The van der Waals surface area contributed by atoms with Crippen molar-refractivity contribution in [2.24, 2.45) is 17.8 Å². The molecule has 3 heteroatoms. The molecule has 1 amide bonds. The first-order valence-corrected chi connectivity index (χ1v) is 8.11. The summed E-state index contributed by atoms with van der Waals surface area (Å²) in [5, 5.41) is 12.5. The standard InChI is InChI=1S/C16H31NO2/c1-3-5-8-13(4-2)16(19)17-11-14-9-6-7-10-15(14)12-18/h13-15,18H,3-12H2,1-2H3,(H,17,19). The summed E-state index contributed by atoms with van der Waals surface area (Å²) in [5.41, 5.74) is 0. The first-order chi connectivity index (χ1) is 9.22. The summed E-state index contributed by atoms with van der Waals surface area (Å²) in [7, 11) is 0. The molecule has 1 aliphatic rings. The highest BCUT2D eigenvalue weighted by atomic mass is 16.3. The van der Waals surface area contributed by atoms with Gasteiger partial charge < -0.3 is 10.4 Å². The quantitative estimate of drug-likeness (QED) is 0.711. The second-order valence-corrected chi connectivity index (χ2v) is 5.98. The maximum absolute atomic E-state index is 12.1. The van der Waals surface area contributed by atoms with Gasteiger partial charge in [-0.25, -0.2) is 0 Å². The fourth-order valence-electron chi connectivity index (χ4n) is 3.14. The number of hydrogen-bond donors (Lipinski definition) is 2. The van der Waals surface area contributed by atoms with Crippen LogP contribution >= 0.6 is 0 Å². The molecule has 0 radical (unpaired) electrons. The predicted molar refractivity (Wildman–Crippen MR) is 78.8 cm³/mol. The minimum absolute atomic E-state index is 0.177. The summed E-state index contributed by atoms with van der Waals surface area (Å²) in [4.78, 5) is 12.1. The monoisotopic (exact) mass is 269 g/mol. The number of amides is 1. The van der Waals surface area contributed by atoms with Gasteiger partial charge >= 0.3 is 0 Å². The molecule has 3 nitrogen and oxygen atoms in total. The first kappa shape index (κ1) is 16.5. The Kier molecular flexibility index (Phi) is 8.11. The molecule has 0 bridgehead atoms. The van der Waals surface area contributed by atoms with Crippen molar-refractivity contribution in [2.45, 2.75) is 65.2 Å². The third kappa shape index (κ3) is 5.52. The average Bonchev–Trinajstić information content (AvgIpc) is 2.46. The molecular weight excluding hydrogens is 238 g/mol. The molecule has 1 saturated carbocycles. The number of rotatable bonds is 8. The molecule has 0 aromatic rings. The van der Waals surface area contributed by atoms with Crippen molar-refractivity contribution in [3.8, 4) is 0 Å². The van der Waals surface area contributed by atoms with Gasteiger partial charge in [0.15, 0.2) is 0 Å². The zero-order valence-electron chi connectivity index (χ0n) is 12.7. The van der Waals surface area contributed by atoms with Crippen molar-refractivity contribution in [2.75, 3.05) is 13.2 Å². The topological polar surface area (TPSA) is 49.3 Å². The van der Waals surface area contributed by atoms with Crippen molar-refractivity contribution >= 4 is 5.91 Å². The number of hydrogen-bond acceptors (Lipinski definition) is 2. The van der Waals surface area contributed by atoms with Gasteiger partial charge in [0.05, 0.1) is 0 Å². The smallest absolute Gasteiger partial charge is 0.223 e. The van der Waals surface area contributed by atoms with Crippen molar-refractivity contribution < 1.29 is 9.90 Å². The number of unbranched alkanes of at least 4 members (excludes halogenated alkanes) is 1. The minimum atomic E-state index is 0.177. The lowest BCUT2D eigenvalue weighted by Gasteiger charge is -2.30. The van der Waals surface area contributed by atoms with Crippen LogP contribution in [0.2, 0.25) is 0 Å². The van der Waals surface area contributed by atoms with Gasteiger partial charge in [-0.15, -0.1) is 0 Å². The molecular formula is C16H31NO2. The van der Waals surface area contributed by atoms with Crippen LogP contribution in [0.25, 0.3) is 0 Å². The van der Waals surface area contributed by atoms with Gasteiger partial charge in [-0.3, -0.25) is 4.79 Å². The van der Waals surface area contributed by atoms with Crippen LogP contribution in [0.15, 0.2) is 0 Å². The van der Waals surface area contributed by atoms with Crippen LogP contribution in [0.5, 0.6) is 0 Å². The number of nitrogens with one attached hydrogen (secondary N) is 1. The number of aliphatic hydroxyl groups is 1. The van der Waals surface area contributed by atoms with E-state index in [0.717, 1.165) is 45.1 Å². The normalized spacial score (nSPS) is 25.0. The largest absolute Gasteiger partial charge is 0.396 e. The van der Waals surface area contributed by atoms with Crippen molar-refractivity contribution in [3.05, 3.63) is 0 Å². The maximum atomic E-state index is 12.1. The van der Waals surface area contributed by atoms with Gasteiger partial charge in [0.2, 0.25) is 5.91 Å². The third-order valence-corrected chi connectivity index (χ3v) is 4.61. The van der Waals surface area contributed by atoms with Crippen molar-refractivity contribution in [1.29, 1.82) is 0 Å². The molecule has 0 aliphatic heterocycles. The van der Waals surface area contributed by atoms with Crippen LogP contribution in [0, 0.1) is 17.8 Å². The van der Waals surface area contributed by atoms with E-state index >= 15 is 0 Å². The fourth-order valence-corrected chi connectivity index (χ4v) is 3.14. The summed E-state index contributed by atoms with van der Waals surface area (Å²) in [6, 6.07) is 0. The Hall–Kier alpha value is -0.570. The van der Waals surface area contributed by atoms with Gasteiger partial charge in [-0.05, 0) is 37.5 Å². The van der Waals surface area contributed by atoms with Crippen molar-refractivity contribution in [3.63, 3.8) is 0 Å². The molecule has 112 valence electrons. The van der Waals surface area contributed by atoms with Crippen LogP contribution in [0.1, 0.15) is 65.2 Å². The van der Waals surface area contributed by atoms with Gasteiger partial charge in [0.1, 0.15) is 0 Å². The average molecular weight is 269 g/mol. The highest BCUT2D eigenvalue weighted by Crippen LogP contribution is 2.29. The van der Waals surface area contributed by atoms with Gasteiger partial charge in [0, 0.05) is 19.1 Å². The summed E-state index contributed by atoms with van der Waals surface area (Å²) in [5.74, 6) is 1.27. The van der Waals surface area contributed by atoms with Crippen molar-refractivity contribution in [1.82, 2.24) is 5.32 Å². The summed E-state index contributed by atoms with van der Waals surface area (Å²) >= 11 is 0. The van der Waals surface area contributed by atoms with Gasteiger partial charge in [0.25, 0.3) is 0 Å². The minimum Gasteiger partial charge on any atom is -0.396 e. The SMILES string of the molecule is CCCCC(CC)C(=O)NCC1CCCCC1CO. The lowest BCUT2D eigenvalue weighted by molar-refractivity contribution is -0.125. The molecule has 0 aromatic heterocycles. The van der Waals surface area contributed by atoms with Gasteiger partial charge in [-0.2, -0.15) is 0 Å². The molecule has 2 N–H and O–H groups in total. The molecule has 3 atom stereocenters. The molecule has 19 heavy (non-hydrogen) atoms. The Bertz CT molecular complexity index is 255. The Morgan fingerprint density at radius 2 is 1.95 bits per heavy atom. The molecule has 0 aromatic carbocycles. The zero-order chi connectivity index (χ0) is 14.1. The van der Waals surface area contributed by atoms with Crippen LogP contribution in [-0.2, 0) is 4.79 Å². The van der Waals surface area contributed by atoms with Crippen LogP contribution in [0.4, 0.5) is 0 Å². The summed E-state index contributed by atoms with van der Waals surface area (Å²) in [6.07, 6.45) is 8.95. The molecule has 0 saturated heterocycles. The highest BCUT2D eigenvalue weighted by molar-refractivity contribution is 5.78. The fraction of sp³-hybridized carbons (Fsp3) is 0.938. The van der Waals surface area contributed by atoms with E-state index in [4.69, 9.17) is 0 Å². The second-order valence-electron chi connectivity index (χ2n) is 5.98. The first-order valence-electron chi connectivity index (χ1n) is 8.11. The molecule has 1 fully saturated rings. The summed E-state index contributed by atoms with van der Waals surface area (Å²) < 4.78 is 0. The van der Waals surface area contributed by atoms with E-state index < -0.39 is 0 Å². The molecule has 1 aliphatic carbocycles. The van der Waals surface area contributed by atoms with E-state index in [-0.39, 0.29) is 18.4 Å². The Balaban J connectivity index is 2.34. The van der Waals surface area contributed by atoms with E-state index in [9.17, 15) is 9.90 Å². The highest BCUT2D eigenvalue weighted by Gasteiger charge is 2.25. The zero-order valence-corrected chi connectivity index (χ0v) is 12.7. The van der Waals surface area contributed by atoms with E-state index in [1.165, 1.54) is 12.8 Å². The van der Waals surface area contributed by atoms with E-state index in [2.05, 4.69) is 19.2 Å². The molecule has 0 spiro atoms. The van der Waals surface area contributed by atoms with E-state index in [0.29, 0.717) is 11.8 Å². The van der Waals surface area contributed by atoms with E-state index in [1.807, 2.05) is 0 Å². The Morgan fingerprint density at radius 3 is 2.53 bits per heavy atom. The number of aliphatic hydroxyl groups excluding tert-OH is 1. The predicted octanol–water partition coefficient (Wildman–Crippen LogP) is 3.12. The second kappa shape index (κ2) is 9.35. The maximum Gasteiger partial charge on any atom is 0.223 e. The van der Waals surface area contributed by atoms with E-state index in [1.54, 1.807) is 0 Å². The van der Waals surface area contributed by atoms with Crippen LogP contribution in [0.3, 0.4) is 0 Å². The Labute approximate surface area is 118 Å². The molecule has 1 rings (SSSR count). The Morgan fingerprint density at radius 1 is 1.26 bits per heavy atom. The third-order valence-electron chi connectivity index (χ3n) is 4.61.